The van der Waals surface area contributed by atoms with Crippen LogP contribution in [0.25, 0.3) is 11.3 Å². The van der Waals surface area contributed by atoms with Gasteiger partial charge in [0.05, 0.1) is 25.0 Å². The van der Waals surface area contributed by atoms with E-state index in [1.807, 2.05) is 48.7 Å². The van der Waals surface area contributed by atoms with Crippen molar-refractivity contribution < 1.29 is 9.84 Å². The molecule has 22 heavy (non-hydrogen) atoms. The second kappa shape index (κ2) is 6.82. The third-order valence-corrected chi connectivity index (χ3v) is 3.10. The van der Waals surface area contributed by atoms with Crippen molar-refractivity contribution in [3.8, 4) is 17.0 Å². The van der Waals surface area contributed by atoms with Gasteiger partial charge in [0.1, 0.15) is 18.1 Å². The molecule has 6 nitrogen and oxygen atoms in total. The van der Waals surface area contributed by atoms with Crippen LogP contribution < -0.4 is 4.74 Å². The van der Waals surface area contributed by atoms with Gasteiger partial charge >= 0.3 is 0 Å². The highest BCUT2D eigenvalue weighted by molar-refractivity contribution is 5.66. The second-order valence-electron chi connectivity index (χ2n) is 4.69. The van der Waals surface area contributed by atoms with Crippen molar-refractivity contribution in [2.75, 3.05) is 13.2 Å². The normalized spacial score (nSPS) is 10.6. The number of benzene rings is 1. The van der Waals surface area contributed by atoms with Crippen molar-refractivity contribution in [1.29, 1.82) is 0 Å². The van der Waals surface area contributed by atoms with E-state index in [1.54, 1.807) is 10.9 Å². The Labute approximate surface area is 128 Å². The van der Waals surface area contributed by atoms with E-state index in [0.717, 1.165) is 17.0 Å². The molecule has 0 amide bonds. The number of aliphatic hydroxyl groups is 1. The molecule has 112 valence electrons. The van der Waals surface area contributed by atoms with Crippen molar-refractivity contribution in [1.82, 2.24) is 20.0 Å². The van der Waals surface area contributed by atoms with Gasteiger partial charge in [-0.3, -0.25) is 4.98 Å². The highest BCUT2D eigenvalue weighted by Crippen LogP contribution is 2.27. The Bertz CT molecular complexity index is 728. The topological polar surface area (TPSA) is 73.1 Å². The molecule has 0 atom stereocenters. The van der Waals surface area contributed by atoms with Gasteiger partial charge in [0, 0.05) is 11.8 Å². The Morgan fingerprint density at radius 1 is 1.09 bits per heavy atom. The van der Waals surface area contributed by atoms with Gasteiger partial charge in [0.2, 0.25) is 0 Å². The average Bonchev–Trinajstić information content (AvgIpc) is 3.02. The van der Waals surface area contributed by atoms with E-state index < -0.39 is 0 Å². The Morgan fingerprint density at radius 2 is 1.95 bits per heavy atom. The van der Waals surface area contributed by atoms with Crippen LogP contribution in [0.3, 0.4) is 0 Å². The van der Waals surface area contributed by atoms with E-state index in [0.29, 0.717) is 12.3 Å². The molecule has 0 aliphatic heterocycles. The lowest BCUT2D eigenvalue weighted by molar-refractivity contribution is 0.202. The van der Waals surface area contributed by atoms with Crippen LogP contribution in [0.1, 0.15) is 5.69 Å². The minimum atomic E-state index is -0.0271. The molecule has 0 aliphatic rings. The van der Waals surface area contributed by atoms with Crippen LogP contribution in [0, 0.1) is 0 Å². The molecule has 0 aliphatic carbocycles. The fourth-order valence-corrected chi connectivity index (χ4v) is 2.12. The lowest BCUT2D eigenvalue weighted by Crippen LogP contribution is -2.02. The molecule has 2 aromatic heterocycles. The lowest BCUT2D eigenvalue weighted by Gasteiger charge is -2.07. The molecule has 0 spiro atoms. The second-order valence-corrected chi connectivity index (χ2v) is 4.69. The number of para-hydroxylation sites is 1. The first-order chi connectivity index (χ1) is 10.9. The highest BCUT2D eigenvalue weighted by Gasteiger charge is 2.10. The van der Waals surface area contributed by atoms with E-state index in [9.17, 15) is 0 Å². The molecule has 3 rings (SSSR count). The number of aromatic nitrogens is 4. The number of hydrogen-bond acceptors (Lipinski definition) is 5. The van der Waals surface area contributed by atoms with Crippen LogP contribution >= 0.6 is 0 Å². The molecule has 0 fully saturated rings. The van der Waals surface area contributed by atoms with Gasteiger partial charge in [0.15, 0.2) is 0 Å². The van der Waals surface area contributed by atoms with Crippen LogP contribution in [-0.2, 0) is 6.54 Å². The van der Waals surface area contributed by atoms with E-state index in [4.69, 9.17) is 9.84 Å². The summed E-state index contributed by atoms with van der Waals surface area (Å²) < 4.78 is 7.27. The third-order valence-electron chi connectivity index (χ3n) is 3.10. The first-order valence-corrected chi connectivity index (χ1v) is 7.00. The molecule has 0 saturated carbocycles. The predicted octanol–water partition coefficient (Wildman–Crippen LogP) is 1.76. The first-order valence-electron chi connectivity index (χ1n) is 7.00. The third kappa shape index (κ3) is 3.29. The number of nitrogens with zero attached hydrogens (tertiary/aromatic N) is 4. The molecule has 0 bridgehead atoms. The van der Waals surface area contributed by atoms with Crippen LogP contribution in [-0.4, -0.2) is 38.3 Å². The van der Waals surface area contributed by atoms with Gasteiger partial charge < -0.3 is 9.84 Å². The Hall–Kier alpha value is -2.73. The number of hydrogen-bond donors (Lipinski definition) is 1. The Kier molecular flexibility index (Phi) is 4.41. The Balaban J connectivity index is 1.82. The van der Waals surface area contributed by atoms with Crippen LogP contribution in [0.5, 0.6) is 5.75 Å². The molecule has 1 N–H and O–H groups in total. The summed E-state index contributed by atoms with van der Waals surface area (Å²) in [6.45, 7) is 0.785. The summed E-state index contributed by atoms with van der Waals surface area (Å²) in [6.07, 6.45) is 3.61. The van der Waals surface area contributed by atoms with Gasteiger partial charge in [-0.25, -0.2) is 4.68 Å². The number of aliphatic hydroxyl groups excluding tert-OH is 1. The quantitative estimate of drug-likeness (QED) is 0.750. The smallest absolute Gasteiger partial charge is 0.128 e. The summed E-state index contributed by atoms with van der Waals surface area (Å²) in [5, 5.41) is 17.2. The summed E-state index contributed by atoms with van der Waals surface area (Å²) in [4.78, 5) is 4.27. The van der Waals surface area contributed by atoms with Crippen LogP contribution in [0.15, 0.2) is 54.9 Å². The van der Waals surface area contributed by atoms with Gasteiger partial charge in [0.25, 0.3) is 0 Å². The number of ether oxygens (including phenoxy) is 1. The minimum absolute atomic E-state index is 0.0271. The molecule has 0 saturated heterocycles. The summed E-state index contributed by atoms with van der Waals surface area (Å²) in [7, 11) is 0. The number of pyridine rings is 1. The molecular weight excluding hydrogens is 280 g/mol. The van der Waals surface area contributed by atoms with Crippen LogP contribution in [0.4, 0.5) is 0 Å². The summed E-state index contributed by atoms with van der Waals surface area (Å²) in [6, 6.07) is 13.3. The summed E-state index contributed by atoms with van der Waals surface area (Å²) >= 11 is 0. The van der Waals surface area contributed by atoms with Crippen molar-refractivity contribution in [3.63, 3.8) is 0 Å². The summed E-state index contributed by atoms with van der Waals surface area (Å²) in [5.74, 6) is 0.682. The zero-order chi connectivity index (χ0) is 15.2. The SMILES string of the molecule is OCCOc1ccccc1-c1cn(Cc2ccccn2)nn1. The lowest BCUT2D eigenvalue weighted by atomic mass is 10.1. The molecule has 0 radical (unpaired) electrons. The fraction of sp³-hybridized carbons (Fsp3) is 0.188. The molecule has 0 unspecified atom stereocenters. The summed E-state index contributed by atoms with van der Waals surface area (Å²) in [5.41, 5.74) is 2.50. The van der Waals surface area contributed by atoms with Crippen molar-refractivity contribution in [2.45, 2.75) is 6.54 Å². The molecular formula is C16H16N4O2. The molecule has 6 heteroatoms. The molecule has 1 aromatic carbocycles. The highest BCUT2D eigenvalue weighted by atomic mass is 16.5. The van der Waals surface area contributed by atoms with Crippen molar-refractivity contribution in [3.05, 3.63) is 60.6 Å². The monoisotopic (exact) mass is 296 g/mol. The van der Waals surface area contributed by atoms with E-state index >= 15 is 0 Å². The van der Waals surface area contributed by atoms with Gasteiger partial charge in [-0.2, -0.15) is 0 Å². The predicted molar refractivity (Wildman–Crippen MR) is 81.4 cm³/mol. The van der Waals surface area contributed by atoms with Crippen molar-refractivity contribution in [2.24, 2.45) is 0 Å². The van der Waals surface area contributed by atoms with Gasteiger partial charge in [-0.1, -0.05) is 23.4 Å². The maximum Gasteiger partial charge on any atom is 0.128 e. The van der Waals surface area contributed by atoms with Gasteiger partial charge in [-0.15, -0.1) is 5.10 Å². The van der Waals surface area contributed by atoms with Gasteiger partial charge in [-0.05, 0) is 24.3 Å². The molecule has 2 heterocycles. The van der Waals surface area contributed by atoms with Crippen LogP contribution in [0.2, 0.25) is 0 Å². The first kappa shape index (κ1) is 14.2. The van der Waals surface area contributed by atoms with Crippen molar-refractivity contribution >= 4 is 0 Å². The molecule has 3 aromatic rings. The standard InChI is InChI=1S/C16H16N4O2/c21-9-10-22-16-7-2-1-6-14(16)15-12-20(19-18-15)11-13-5-3-4-8-17-13/h1-8,12,21H,9-11H2. The largest absolute Gasteiger partial charge is 0.490 e. The maximum absolute atomic E-state index is 8.89. The van der Waals surface area contributed by atoms with E-state index in [2.05, 4.69) is 15.3 Å². The fourth-order valence-electron chi connectivity index (χ4n) is 2.12. The zero-order valence-electron chi connectivity index (χ0n) is 12.0. The maximum atomic E-state index is 8.89. The average molecular weight is 296 g/mol. The minimum Gasteiger partial charge on any atom is -0.490 e. The zero-order valence-corrected chi connectivity index (χ0v) is 12.0. The van der Waals surface area contributed by atoms with E-state index in [-0.39, 0.29) is 13.2 Å². The van der Waals surface area contributed by atoms with E-state index in [1.165, 1.54) is 0 Å². The Morgan fingerprint density at radius 3 is 2.77 bits per heavy atom. The number of rotatable bonds is 6.